The van der Waals surface area contributed by atoms with Crippen LogP contribution in [0.3, 0.4) is 0 Å². The highest BCUT2D eigenvalue weighted by atomic mass is 19.4. The summed E-state index contributed by atoms with van der Waals surface area (Å²) in [5.41, 5.74) is 7.03. The highest BCUT2D eigenvalue weighted by Crippen LogP contribution is 2.33. The number of fused-ring (bicyclic) bond motifs is 1. The smallest absolute Gasteiger partial charge is 0.417 e. The van der Waals surface area contributed by atoms with Gasteiger partial charge < -0.3 is 30.8 Å². The van der Waals surface area contributed by atoms with Gasteiger partial charge in [0.15, 0.2) is 0 Å². The molecule has 2 aliphatic heterocycles. The number of aromatic nitrogens is 1. The van der Waals surface area contributed by atoms with Crippen LogP contribution in [0.25, 0.3) is 5.41 Å². The van der Waals surface area contributed by atoms with E-state index in [-0.39, 0.29) is 37.2 Å². The van der Waals surface area contributed by atoms with Crippen molar-refractivity contribution in [3.8, 4) is 0 Å². The van der Waals surface area contributed by atoms with E-state index < -0.39 is 35.7 Å². The van der Waals surface area contributed by atoms with Crippen molar-refractivity contribution in [2.75, 3.05) is 29.9 Å². The van der Waals surface area contributed by atoms with Crippen molar-refractivity contribution in [2.24, 2.45) is 15.7 Å². The fraction of sp³-hybridized carbons (Fsp3) is 0.250. The molecule has 0 bridgehead atoms. The van der Waals surface area contributed by atoms with Gasteiger partial charge in [-0.25, -0.2) is 4.99 Å². The standard InChI is InChI=1S/C28H25F3N7O3/c1-16-15-38(11-12-40-16)21-13-18(28(29,30)31)14-34-23(21)24(32)41-27(33)37-25-26(39)35-20-10-6-5-9-19(20)22(36-25)17-7-3-2-4-8-17/h2-10,13-14,16,25H,11-12,15H2,1H3,(H2,33,37)(H,35,39)/q-1/t16-,25-/m1/s1. The summed E-state index contributed by atoms with van der Waals surface area (Å²) in [6.45, 7) is 2.56. The number of nitrogens with zero attached hydrogens (tertiary/aromatic N) is 5. The minimum absolute atomic E-state index is 0.0210. The Balaban J connectivity index is 1.46. The zero-order valence-electron chi connectivity index (χ0n) is 21.8. The number of nitrogens with two attached hydrogens (primary N) is 1. The number of halogens is 3. The maximum Gasteiger partial charge on any atom is 0.417 e. The number of hydrogen-bond acceptors (Lipinski definition) is 7. The van der Waals surface area contributed by atoms with E-state index in [4.69, 9.17) is 15.2 Å². The first-order chi connectivity index (χ1) is 19.6. The summed E-state index contributed by atoms with van der Waals surface area (Å²) in [6.07, 6.45) is -5.74. The summed E-state index contributed by atoms with van der Waals surface area (Å²) >= 11 is 0. The number of rotatable bonds is 4. The predicted molar refractivity (Wildman–Crippen MR) is 148 cm³/mol. The first kappa shape index (κ1) is 27.8. The van der Waals surface area contributed by atoms with Gasteiger partial charge in [-0.3, -0.25) is 9.78 Å². The second-order valence-corrected chi connectivity index (χ2v) is 9.34. The molecule has 0 unspecified atom stereocenters. The number of anilines is 2. The van der Waals surface area contributed by atoms with Gasteiger partial charge in [0, 0.05) is 36.3 Å². The van der Waals surface area contributed by atoms with E-state index >= 15 is 0 Å². The normalized spacial score (nSPS) is 19.5. The lowest BCUT2D eigenvalue weighted by atomic mass is 10.0. The Labute approximate surface area is 233 Å². The molecule has 0 saturated carbocycles. The predicted octanol–water partition coefficient (Wildman–Crippen LogP) is 3.79. The number of aliphatic imine (C=N–C) groups is 2. The molecule has 0 radical (unpaired) electrons. The van der Waals surface area contributed by atoms with Gasteiger partial charge in [0.2, 0.25) is 6.17 Å². The number of carbonyl (C=O) groups is 1. The van der Waals surface area contributed by atoms with Crippen molar-refractivity contribution in [3.05, 3.63) is 94.7 Å². The number of ether oxygens (including phenoxy) is 2. The van der Waals surface area contributed by atoms with Crippen LogP contribution in [0.15, 0.2) is 76.8 Å². The summed E-state index contributed by atoms with van der Waals surface area (Å²) < 4.78 is 51.2. The topological polar surface area (TPSA) is 137 Å². The molecule has 3 heterocycles. The fourth-order valence-corrected chi connectivity index (χ4v) is 4.51. The molecule has 10 nitrogen and oxygen atoms in total. The minimum Gasteiger partial charge on any atom is -0.769 e. The fourth-order valence-electron chi connectivity index (χ4n) is 4.51. The van der Waals surface area contributed by atoms with Crippen LogP contribution < -0.4 is 16.0 Å². The number of amides is 1. The number of alkyl halides is 3. The number of amidine groups is 1. The molecule has 2 aliphatic rings. The van der Waals surface area contributed by atoms with E-state index in [2.05, 4.69) is 20.3 Å². The quantitative estimate of drug-likeness (QED) is 0.366. The maximum absolute atomic E-state index is 13.5. The SMILES string of the molecule is C[C@@H]1CN(c2cc(C(F)(F)F)cnc2C(=[N-])O/C(N)=N/[C@H]2N=C(c3ccccc3)c3ccccc3NC2=O)CCO1. The molecule has 1 aromatic heterocycles. The minimum atomic E-state index is -4.66. The average Bonchev–Trinajstić information content (AvgIpc) is 3.08. The largest absolute Gasteiger partial charge is 0.769 e. The third kappa shape index (κ3) is 6.19. The van der Waals surface area contributed by atoms with Gasteiger partial charge in [0.25, 0.3) is 11.9 Å². The van der Waals surface area contributed by atoms with Crippen LogP contribution in [-0.4, -0.2) is 60.5 Å². The zero-order chi connectivity index (χ0) is 29.1. The summed E-state index contributed by atoms with van der Waals surface area (Å²) in [5.74, 6) is -1.50. The molecule has 2 atom stereocenters. The van der Waals surface area contributed by atoms with Crippen molar-refractivity contribution in [1.82, 2.24) is 4.98 Å². The van der Waals surface area contributed by atoms with Crippen LogP contribution in [0.4, 0.5) is 24.5 Å². The molecule has 1 fully saturated rings. The second kappa shape index (κ2) is 11.4. The summed E-state index contributed by atoms with van der Waals surface area (Å²) in [6, 6.07) is 16.5. The maximum atomic E-state index is 13.5. The summed E-state index contributed by atoms with van der Waals surface area (Å²) in [4.78, 5) is 27.0. The highest BCUT2D eigenvalue weighted by Gasteiger charge is 2.33. The van der Waals surface area contributed by atoms with Crippen molar-refractivity contribution in [1.29, 1.82) is 0 Å². The molecule has 0 spiro atoms. The van der Waals surface area contributed by atoms with Crippen molar-refractivity contribution < 1.29 is 27.4 Å². The van der Waals surface area contributed by atoms with Crippen LogP contribution in [0.1, 0.15) is 29.3 Å². The molecular formula is C28H25F3N7O3-. The summed E-state index contributed by atoms with van der Waals surface area (Å²) in [5, 5.41) is 13.5. The number of para-hydroxylation sites is 1. The number of benzene rings is 2. The number of benzodiazepines with no additional fused rings is 1. The lowest BCUT2D eigenvalue weighted by Gasteiger charge is -2.34. The number of pyridine rings is 1. The lowest BCUT2D eigenvalue weighted by molar-refractivity contribution is -0.137. The molecule has 3 aromatic rings. The van der Waals surface area contributed by atoms with Crippen LogP contribution >= 0.6 is 0 Å². The third-order valence-electron chi connectivity index (χ3n) is 6.40. The molecule has 212 valence electrons. The Morgan fingerprint density at radius 1 is 1.20 bits per heavy atom. The Kier molecular flexibility index (Phi) is 7.70. The third-order valence-corrected chi connectivity index (χ3v) is 6.40. The molecule has 1 saturated heterocycles. The first-order valence-corrected chi connectivity index (χ1v) is 12.6. The molecule has 1 amide bonds. The average molecular weight is 565 g/mol. The lowest BCUT2D eigenvalue weighted by Crippen LogP contribution is -2.42. The number of carbonyl (C=O) groups excluding carboxylic acids is 1. The number of morpholine rings is 1. The van der Waals surface area contributed by atoms with Gasteiger partial charge >= 0.3 is 6.18 Å². The molecule has 41 heavy (non-hydrogen) atoms. The van der Waals surface area contributed by atoms with Gasteiger partial charge in [-0.15, -0.1) is 0 Å². The van der Waals surface area contributed by atoms with Gasteiger partial charge in [-0.05, 0) is 19.1 Å². The van der Waals surface area contributed by atoms with E-state index in [1.165, 1.54) is 0 Å². The molecule has 5 rings (SSSR count). The van der Waals surface area contributed by atoms with Crippen LogP contribution in [0.5, 0.6) is 0 Å². The van der Waals surface area contributed by atoms with Crippen LogP contribution in [-0.2, 0) is 20.4 Å². The zero-order valence-corrected chi connectivity index (χ0v) is 21.8. The Morgan fingerprint density at radius 3 is 2.66 bits per heavy atom. The van der Waals surface area contributed by atoms with Gasteiger partial charge in [-0.1, -0.05) is 48.5 Å². The van der Waals surface area contributed by atoms with E-state index in [0.717, 1.165) is 11.6 Å². The van der Waals surface area contributed by atoms with Gasteiger partial charge in [-0.2, -0.15) is 18.2 Å². The molecule has 13 heteroatoms. The number of hydrogen-bond donors (Lipinski definition) is 2. The van der Waals surface area contributed by atoms with Crippen molar-refractivity contribution in [3.63, 3.8) is 0 Å². The molecule has 2 aromatic carbocycles. The van der Waals surface area contributed by atoms with Crippen molar-refractivity contribution in [2.45, 2.75) is 25.4 Å². The number of nitrogens with one attached hydrogen (secondary N) is 1. The van der Waals surface area contributed by atoms with Gasteiger partial charge in [0.05, 0.1) is 35.4 Å². The van der Waals surface area contributed by atoms with E-state index in [9.17, 15) is 23.4 Å². The first-order valence-electron chi connectivity index (χ1n) is 12.6. The van der Waals surface area contributed by atoms with E-state index in [1.807, 2.05) is 30.3 Å². The molecular weight excluding hydrogens is 539 g/mol. The van der Waals surface area contributed by atoms with E-state index in [1.54, 1.807) is 36.1 Å². The Bertz CT molecular complexity index is 1530. The molecule has 3 N–H and O–H groups in total. The molecule has 0 aliphatic carbocycles. The van der Waals surface area contributed by atoms with Crippen molar-refractivity contribution >= 4 is 34.9 Å². The second-order valence-electron chi connectivity index (χ2n) is 9.34. The van der Waals surface area contributed by atoms with Crippen LogP contribution in [0.2, 0.25) is 0 Å². The van der Waals surface area contributed by atoms with Crippen LogP contribution in [0, 0.1) is 0 Å². The highest BCUT2D eigenvalue weighted by molar-refractivity contribution is 6.19. The van der Waals surface area contributed by atoms with Gasteiger partial charge in [0.1, 0.15) is 5.69 Å². The Hall–Kier alpha value is -4.78. The monoisotopic (exact) mass is 564 g/mol. The van der Waals surface area contributed by atoms with E-state index in [0.29, 0.717) is 23.2 Å². The summed E-state index contributed by atoms with van der Waals surface area (Å²) in [7, 11) is 0. The Morgan fingerprint density at radius 2 is 1.93 bits per heavy atom.